The van der Waals surface area contributed by atoms with Gasteiger partial charge in [-0.3, -0.25) is 4.79 Å². The van der Waals surface area contributed by atoms with Crippen molar-refractivity contribution in [2.45, 2.75) is 24.9 Å². The number of benzene rings is 1. The number of aromatic nitrogens is 1. The summed E-state index contributed by atoms with van der Waals surface area (Å²) in [4.78, 5) is 19.3. The number of likely N-dealkylation sites (tertiary alicyclic amines) is 1. The highest BCUT2D eigenvalue weighted by Crippen LogP contribution is 2.36. The molecule has 0 radical (unpaired) electrons. The topological polar surface area (TPSA) is 63.7 Å². The molecule has 0 aliphatic carbocycles. The van der Waals surface area contributed by atoms with Gasteiger partial charge in [0.2, 0.25) is 11.8 Å². The molecular formula is C20H22BrN3O3. The van der Waals surface area contributed by atoms with Crippen LogP contribution in [0.5, 0.6) is 11.6 Å². The molecule has 3 heterocycles. The summed E-state index contributed by atoms with van der Waals surface area (Å²) in [7, 11) is 2.12. The minimum Gasteiger partial charge on any atom is -0.492 e. The van der Waals surface area contributed by atoms with Gasteiger partial charge < -0.3 is 19.7 Å². The summed E-state index contributed by atoms with van der Waals surface area (Å²) >= 11 is 3.45. The minimum atomic E-state index is -0.326. The second kappa shape index (κ2) is 7.86. The van der Waals surface area contributed by atoms with Gasteiger partial charge >= 0.3 is 0 Å². The zero-order valence-electron chi connectivity index (χ0n) is 15.2. The molecule has 27 heavy (non-hydrogen) atoms. The highest BCUT2D eigenvalue weighted by molar-refractivity contribution is 9.10. The van der Waals surface area contributed by atoms with Crippen molar-refractivity contribution < 1.29 is 14.3 Å². The number of nitrogens with one attached hydrogen (secondary N) is 1. The summed E-state index contributed by atoms with van der Waals surface area (Å²) < 4.78 is 12.5. The van der Waals surface area contributed by atoms with Crippen LogP contribution in [-0.4, -0.2) is 48.6 Å². The van der Waals surface area contributed by atoms with E-state index in [4.69, 9.17) is 9.47 Å². The van der Waals surface area contributed by atoms with Crippen molar-refractivity contribution in [3.05, 3.63) is 46.6 Å². The molecule has 0 saturated carbocycles. The zero-order chi connectivity index (χ0) is 18.8. The quantitative estimate of drug-likeness (QED) is 0.802. The number of anilines is 1. The van der Waals surface area contributed by atoms with Crippen LogP contribution < -0.4 is 14.8 Å². The maximum atomic E-state index is 12.7. The Hall–Kier alpha value is -2.12. The molecule has 2 aromatic rings. The summed E-state index contributed by atoms with van der Waals surface area (Å²) in [6.07, 6.45) is 3.86. The molecule has 0 bridgehead atoms. The Kier molecular flexibility index (Phi) is 5.31. The average Bonchev–Trinajstić information content (AvgIpc) is 3.08. The summed E-state index contributed by atoms with van der Waals surface area (Å²) in [6, 6.07) is 9.36. The number of rotatable bonds is 4. The first-order chi connectivity index (χ1) is 13.1. The van der Waals surface area contributed by atoms with Crippen molar-refractivity contribution in [1.82, 2.24) is 9.88 Å². The maximum absolute atomic E-state index is 12.7. The Bertz CT molecular complexity index is 820. The molecule has 0 spiro atoms. The van der Waals surface area contributed by atoms with Gasteiger partial charge in [0.25, 0.3) is 0 Å². The smallest absolute Gasteiger partial charge is 0.235 e. The number of hydrogen-bond acceptors (Lipinski definition) is 5. The number of piperidine rings is 1. The molecule has 1 amide bonds. The zero-order valence-corrected chi connectivity index (χ0v) is 16.7. The standard InChI is InChI=1S/C20H22BrN3O3/c1-24-8-6-15(7-9-24)27-19-5-3-14(11-22-19)23-20(25)17-12-26-18-4-2-13(21)10-16(17)18/h2-5,10-11,15,17H,6-9,12H2,1H3,(H,23,25). The lowest BCUT2D eigenvalue weighted by atomic mass is 10.0. The van der Waals surface area contributed by atoms with Crippen LogP contribution >= 0.6 is 15.9 Å². The van der Waals surface area contributed by atoms with E-state index in [0.717, 1.165) is 41.7 Å². The van der Waals surface area contributed by atoms with E-state index in [2.05, 4.69) is 38.2 Å². The lowest BCUT2D eigenvalue weighted by Gasteiger charge is -2.28. The fraction of sp³-hybridized carbons (Fsp3) is 0.400. The summed E-state index contributed by atoms with van der Waals surface area (Å²) in [5.41, 5.74) is 1.55. The van der Waals surface area contributed by atoms with Crippen LogP contribution in [-0.2, 0) is 4.79 Å². The molecule has 2 aliphatic heterocycles. The molecule has 1 fully saturated rings. The molecule has 142 valence electrons. The average molecular weight is 432 g/mol. The largest absolute Gasteiger partial charge is 0.492 e. The molecule has 1 aromatic heterocycles. The highest BCUT2D eigenvalue weighted by Gasteiger charge is 2.30. The molecule has 1 saturated heterocycles. The molecular weight excluding hydrogens is 410 g/mol. The SMILES string of the molecule is CN1CCC(Oc2ccc(NC(=O)C3COc4ccc(Br)cc43)cn2)CC1. The van der Waals surface area contributed by atoms with Crippen LogP contribution in [0.1, 0.15) is 24.3 Å². The molecule has 1 atom stereocenters. The summed E-state index contributed by atoms with van der Waals surface area (Å²) in [5, 5.41) is 2.92. The Morgan fingerprint density at radius 1 is 1.30 bits per heavy atom. The number of pyridine rings is 1. The third kappa shape index (κ3) is 4.25. The van der Waals surface area contributed by atoms with Crippen molar-refractivity contribution in [1.29, 1.82) is 0 Å². The van der Waals surface area contributed by atoms with Crippen molar-refractivity contribution in [2.24, 2.45) is 0 Å². The number of carbonyl (C=O) groups is 1. The van der Waals surface area contributed by atoms with E-state index in [9.17, 15) is 4.79 Å². The van der Waals surface area contributed by atoms with Crippen molar-refractivity contribution >= 4 is 27.5 Å². The third-order valence-electron chi connectivity index (χ3n) is 5.03. The number of ether oxygens (including phenoxy) is 2. The Balaban J connectivity index is 1.36. The predicted molar refractivity (Wildman–Crippen MR) is 106 cm³/mol. The van der Waals surface area contributed by atoms with Crippen LogP contribution in [0.3, 0.4) is 0 Å². The van der Waals surface area contributed by atoms with E-state index in [1.807, 2.05) is 30.3 Å². The molecule has 1 unspecified atom stereocenters. The number of hydrogen-bond donors (Lipinski definition) is 1. The van der Waals surface area contributed by atoms with E-state index in [1.54, 1.807) is 6.20 Å². The van der Waals surface area contributed by atoms with E-state index in [0.29, 0.717) is 18.2 Å². The Morgan fingerprint density at radius 3 is 2.85 bits per heavy atom. The monoisotopic (exact) mass is 431 g/mol. The van der Waals surface area contributed by atoms with Gasteiger partial charge in [-0.15, -0.1) is 0 Å². The Morgan fingerprint density at radius 2 is 2.11 bits per heavy atom. The third-order valence-corrected chi connectivity index (χ3v) is 5.52. The maximum Gasteiger partial charge on any atom is 0.235 e. The molecule has 6 nitrogen and oxygen atoms in total. The van der Waals surface area contributed by atoms with Gasteiger partial charge in [-0.2, -0.15) is 0 Å². The number of halogens is 1. The summed E-state index contributed by atoms with van der Waals surface area (Å²) in [5.74, 6) is 0.935. The van der Waals surface area contributed by atoms with Gasteiger partial charge in [0.05, 0.1) is 11.9 Å². The van der Waals surface area contributed by atoms with E-state index in [1.165, 1.54) is 0 Å². The van der Waals surface area contributed by atoms with Gasteiger partial charge in [0.15, 0.2) is 0 Å². The van der Waals surface area contributed by atoms with E-state index in [-0.39, 0.29) is 17.9 Å². The van der Waals surface area contributed by atoms with Crippen molar-refractivity contribution in [3.63, 3.8) is 0 Å². The molecule has 1 N–H and O–H groups in total. The lowest BCUT2D eigenvalue weighted by molar-refractivity contribution is -0.117. The fourth-order valence-electron chi connectivity index (χ4n) is 3.43. The lowest BCUT2D eigenvalue weighted by Crippen LogP contribution is -2.35. The van der Waals surface area contributed by atoms with Gasteiger partial charge in [-0.1, -0.05) is 15.9 Å². The second-order valence-electron chi connectivity index (χ2n) is 7.04. The Labute approximate surface area is 167 Å². The highest BCUT2D eigenvalue weighted by atomic mass is 79.9. The predicted octanol–water partition coefficient (Wildman–Crippen LogP) is 3.43. The van der Waals surface area contributed by atoms with Crippen LogP contribution in [0, 0.1) is 0 Å². The number of carbonyl (C=O) groups excluding carboxylic acids is 1. The van der Waals surface area contributed by atoms with E-state index >= 15 is 0 Å². The molecule has 7 heteroatoms. The van der Waals surface area contributed by atoms with Crippen molar-refractivity contribution in [2.75, 3.05) is 32.1 Å². The number of fused-ring (bicyclic) bond motifs is 1. The van der Waals surface area contributed by atoms with Crippen LogP contribution in [0.2, 0.25) is 0 Å². The van der Waals surface area contributed by atoms with Gasteiger partial charge in [-0.05, 0) is 44.2 Å². The van der Waals surface area contributed by atoms with E-state index < -0.39 is 0 Å². The van der Waals surface area contributed by atoms with Crippen LogP contribution in [0.4, 0.5) is 5.69 Å². The molecule has 2 aliphatic rings. The van der Waals surface area contributed by atoms with Gasteiger partial charge in [0, 0.05) is 29.2 Å². The fourth-order valence-corrected chi connectivity index (χ4v) is 3.81. The number of nitrogens with zero attached hydrogens (tertiary/aromatic N) is 2. The molecule has 1 aromatic carbocycles. The van der Waals surface area contributed by atoms with Crippen molar-refractivity contribution in [3.8, 4) is 11.6 Å². The van der Waals surface area contributed by atoms with Gasteiger partial charge in [-0.25, -0.2) is 4.98 Å². The first-order valence-electron chi connectivity index (χ1n) is 9.13. The first-order valence-corrected chi connectivity index (χ1v) is 9.92. The van der Waals surface area contributed by atoms with Crippen LogP contribution in [0.25, 0.3) is 0 Å². The first kappa shape index (κ1) is 18.3. The van der Waals surface area contributed by atoms with Crippen LogP contribution in [0.15, 0.2) is 41.0 Å². The normalized spacial score (nSPS) is 20.0. The summed E-state index contributed by atoms with van der Waals surface area (Å²) in [6.45, 7) is 2.43. The molecule has 4 rings (SSSR count). The minimum absolute atomic E-state index is 0.0994. The van der Waals surface area contributed by atoms with Gasteiger partial charge in [0.1, 0.15) is 24.4 Å². The second-order valence-corrected chi connectivity index (χ2v) is 7.96. The number of amides is 1.